The number of alkyl halides is 1. The van der Waals surface area contributed by atoms with Crippen molar-refractivity contribution in [2.75, 3.05) is 6.54 Å². The number of amides is 1. The summed E-state index contributed by atoms with van der Waals surface area (Å²) in [5.41, 5.74) is 0. The van der Waals surface area contributed by atoms with Crippen molar-refractivity contribution in [1.29, 1.82) is 0 Å². The van der Waals surface area contributed by atoms with Gasteiger partial charge in [0.1, 0.15) is 0 Å². The second-order valence-corrected chi connectivity index (χ2v) is 7.00. The third-order valence-corrected chi connectivity index (χ3v) is 5.14. The Hall–Kier alpha value is -0.540. The summed E-state index contributed by atoms with van der Waals surface area (Å²) < 4.78 is 0. The summed E-state index contributed by atoms with van der Waals surface area (Å²) in [5, 5.41) is 5.51. The van der Waals surface area contributed by atoms with Crippen LogP contribution in [0.1, 0.15) is 43.4 Å². The minimum atomic E-state index is 0.199. The number of carbonyl (C=O) groups is 1. The molecule has 2 nitrogen and oxygen atoms in total. The van der Waals surface area contributed by atoms with Crippen molar-refractivity contribution < 1.29 is 4.79 Å². The van der Waals surface area contributed by atoms with Gasteiger partial charge in [-0.25, -0.2) is 0 Å². The maximum absolute atomic E-state index is 11.7. The molecule has 1 saturated carbocycles. The second kappa shape index (κ2) is 7.91. The number of rotatable bonds is 6. The van der Waals surface area contributed by atoms with Crippen molar-refractivity contribution in [2.24, 2.45) is 5.92 Å². The lowest BCUT2D eigenvalue weighted by molar-refractivity contribution is -0.121. The van der Waals surface area contributed by atoms with Crippen LogP contribution < -0.4 is 5.32 Å². The van der Waals surface area contributed by atoms with Crippen LogP contribution in [0.15, 0.2) is 17.5 Å². The Morgan fingerprint density at radius 2 is 2.16 bits per heavy atom. The molecule has 0 spiro atoms. The molecule has 1 aliphatic carbocycles. The van der Waals surface area contributed by atoms with Crippen molar-refractivity contribution in [1.82, 2.24) is 5.32 Å². The monoisotopic (exact) mass is 299 g/mol. The first-order valence-corrected chi connectivity index (χ1v) is 8.49. The number of carbonyl (C=O) groups excluding carboxylic acids is 1. The lowest BCUT2D eigenvalue weighted by Gasteiger charge is -2.25. The van der Waals surface area contributed by atoms with Gasteiger partial charge in [0.05, 0.1) is 0 Å². The molecule has 0 atom stereocenters. The number of thiophene rings is 1. The summed E-state index contributed by atoms with van der Waals surface area (Å²) >= 11 is 7.84. The molecule has 2 rings (SSSR count). The third kappa shape index (κ3) is 5.53. The molecule has 106 valence electrons. The topological polar surface area (TPSA) is 29.1 Å². The predicted octanol–water partition coefficient (Wildman–Crippen LogP) is 3.98. The van der Waals surface area contributed by atoms with Gasteiger partial charge < -0.3 is 5.32 Å². The molecule has 19 heavy (non-hydrogen) atoms. The van der Waals surface area contributed by atoms with E-state index in [2.05, 4.69) is 22.8 Å². The van der Waals surface area contributed by atoms with Crippen LogP contribution in [0, 0.1) is 5.92 Å². The van der Waals surface area contributed by atoms with Gasteiger partial charge in [0.25, 0.3) is 0 Å². The number of halogens is 1. The maximum atomic E-state index is 11.7. The Bertz CT molecular complexity index is 372. The number of aryl methyl sites for hydroxylation is 1. The van der Waals surface area contributed by atoms with Crippen molar-refractivity contribution in [3.05, 3.63) is 22.4 Å². The number of hydrogen-bond donors (Lipinski definition) is 1. The van der Waals surface area contributed by atoms with Crippen LogP contribution in [0.25, 0.3) is 0 Å². The van der Waals surface area contributed by atoms with Crippen LogP contribution in [0.2, 0.25) is 0 Å². The van der Waals surface area contributed by atoms with Crippen LogP contribution >= 0.6 is 22.9 Å². The van der Waals surface area contributed by atoms with Crippen LogP contribution in [0.3, 0.4) is 0 Å². The van der Waals surface area contributed by atoms with Crippen LogP contribution in [-0.4, -0.2) is 17.8 Å². The molecule has 1 aromatic heterocycles. The van der Waals surface area contributed by atoms with Crippen LogP contribution in [0.5, 0.6) is 0 Å². The summed E-state index contributed by atoms with van der Waals surface area (Å²) in [5.74, 6) is 0.834. The Kier molecular flexibility index (Phi) is 6.18. The first kappa shape index (κ1) is 14.9. The summed E-state index contributed by atoms with van der Waals surface area (Å²) in [6, 6.07) is 4.19. The van der Waals surface area contributed by atoms with Crippen molar-refractivity contribution >= 4 is 28.8 Å². The number of nitrogens with one attached hydrogen (secondary N) is 1. The van der Waals surface area contributed by atoms with Crippen molar-refractivity contribution in [3.63, 3.8) is 0 Å². The van der Waals surface area contributed by atoms with E-state index in [0.717, 1.165) is 45.1 Å². The maximum Gasteiger partial charge on any atom is 0.220 e. The summed E-state index contributed by atoms with van der Waals surface area (Å²) in [6.07, 6.45) is 7.11. The van der Waals surface area contributed by atoms with E-state index < -0.39 is 0 Å². The zero-order chi connectivity index (χ0) is 13.5. The molecule has 0 aromatic carbocycles. The molecule has 0 unspecified atom stereocenters. The van der Waals surface area contributed by atoms with Gasteiger partial charge in [-0.2, -0.15) is 0 Å². The van der Waals surface area contributed by atoms with E-state index in [1.165, 1.54) is 4.88 Å². The third-order valence-electron chi connectivity index (χ3n) is 3.77. The van der Waals surface area contributed by atoms with Crippen molar-refractivity contribution in [3.8, 4) is 0 Å². The van der Waals surface area contributed by atoms with E-state index in [9.17, 15) is 4.79 Å². The van der Waals surface area contributed by atoms with Gasteiger partial charge in [0.2, 0.25) is 5.91 Å². The zero-order valence-corrected chi connectivity index (χ0v) is 12.8. The molecule has 1 heterocycles. The predicted molar refractivity (Wildman–Crippen MR) is 81.9 cm³/mol. The lowest BCUT2D eigenvalue weighted by Crippen LogP contribution is -2.31. The molecular weight excluding hydrogens is 278 g/mol. The van der Waals surface area contributed by atoms with Crippen LogP contribution in [-0.2, 0) is 11.2 Å². The fourth-order valence-corrected chi connectivity index (χ4v) is 3.55. The van der Waals surface area contributed by atoms with Gasteiger partial charge in [-0.15, -0.1) is 22.9 Å². The molecule has 1 N–H and O–H groups in total. The SMILES string of the molecule is O=C(CCCc1cccs1)NCC1CCC(Cl)CC1. The highest BCUT2D eigenvalue weighted by molar-refractivity contribution is 7.09. The minimum absolute atomic E-state index is 0.199. The Morgan fingerprint density at radius 3 is 2.84 bits per heavy atom. The molecule has 0 radical (unpaired) electrons. The van der Waals surface area contributed by atoms with Gasteiger partial charge in [-0.1, -0.05) is 6.07 Å². The summed E-state index contributed by atoms with van der Waals surface area (Å²) in [7, 11) is 0. The summed E-state index contributed by atoms with van der Waals surface area (Å²) in [4.78, 5) is 13.1. The van der Waals surface area contributed by atoms with E-state index in [0.29, 0.717) is 17.7 Å². The molecule has 1 aliphatic rings. The molecule has 4 heteroatoms. The first-order valence-electron chi connectivity index (χ1n) is 7.17. The van der Waals surface area contributed by atoms with E-state index in [-0.39, 0.29) is 5.91 Å². The van der Waals surface area contributed by atoms with Gasteiger partial charge in [-0.05, 0) is 55.9 Å². The highest BCUT2D eigenvalue weighted by Gasteiger charge is 2.19. The zero-order valence-electron chi connectivity index (χ0n) is 11.2. The average molecular weight is 300 g/mol. The molecule has 0 saturated heterocycles. The molecule has 0 aliphatic heterocycles. The number of hydrogen-bond acceptors (Lipinski definition) is 2. The molecular formula is C15H22ClNOS. The minimum Gasteiger partial charge on any atom is -0.356 e. The second-order valence-electron chi connectivity index (χ2n) is 5.36. The van der Waals surface area contributed by atoms with E-state index in [1.807, 2.05) is 0 Å². The van der Waals surface area contributed by atoms with Crippen LogP contribution in [0.4, 0.5) is 0 Å². The average Bonchev–Trinajstić information content (AvgIpc) is 2.91. The van der Waals surface area contributed by atoms with Gasteiger partial charge in [0, 0.05) is 23.2 Å². The van der Waals surface area contributed by atoms with E-state index >= 15 is 0 Å². The Morgan fingerprint density at radius 1 is 1.37 bits per heavy atom. The van der Waals surface area contributed by atoms with E-state index in [1.54, 1.807) is 11.3 Å². The fraction of sp³-hybridized carbons (Fsp3) is 0.667. The quantitative estimate of drug-likeness (QED) is 0.791. The molecule has 1 amide bonds. The van der Waals surface area contributed by atoms with Gasteiger partial charge >= 0.3 is 0 Å². The standard InChI is InChI=1S/C15H22ClNOS/c16-13-8-6-12(7-9-13)11-17-15(18)5-1-3-14-4-2-10-19-14/h2,4,10,12-13H,1,3,5-9,11H2,(H,17,18). The van der Waals surface area contributed by atoms with Crippen molar-refractivity contribution in [2.45, 2.75) is 50.3 Å². The van der Waals surface area contributed by atoms with Gasteiger partial charge in [0.15, 0.2) is 0 Å². The lowest BCUT2D eigenvalue weighted by atomic mass is 9.89. The molecule has 1 aromatic rings. The Balaban J connectivity index is 1.54. The molecule has 1 fully saturated rings. The summed E-state index contributed by atoms with van der Waals surface area (Å²) in [6.45, 7) is 0.835. The van der Waals surface area contributed by atoms with E-state index in [4.69, 9.17) is 11.6 Å². The van der Waals surface area contributed by atoms with Gasteiger partial charge in [-0.3, -0.25) is 4.79 Å². The Labute approximate surface area is 124 Å². The highest BCUT2D eigenvalue weighted by atomic mass is 35.5. The highest BCUT2D eigenvalue weighted by Crippen LogP contribution is 2.26. The largest absolute Gasteiger partial charge is 0.356 e. The normalized spacial score (nSPS) is 23.2. The smallest absolute Gasteiger partial charge is 0.220 e. The fourth-order valence-electron chi connectivity index (χ4n) is 2.55. The molecule has 0 bridgehead atoms. The first-order chi connectivity index (χ1) is 9.24.